The molecule has 0 spiro atoms. The van der Waals surface area contributed by atoms with Gasteiger partial charge in [-0.05, 0) is 61.5 Å². The van der Waals surface area contributed by atoms with Crippen LogP contribution in [0.1, 0.15) is 40.7 Å². The molecule has 1 aromatic heterocycles. The van der Waals surface area contributed by atoms with Gasteiger partial charge in [-0.15, -0.1) is 11.3 Å². The highest BCUT2D eigenvalue weighted by Gasteiger charge is 2.26. The van der Waals surface area contributed by atoms with Gasteiger partial charge in [0.25, 0.3) is 0 Å². The van der Waals surface area contributed by atoms with Crippen LogP contribution in [0.25, 0.3) is 0 Å². The number of hydrogen-bond donors (Lipinski definition) is 1. The summed E-state index contributed by atoms with van der Waals surface area (Å²) in [5.41, 5.74) is 1.87. The van der Waals surface area contributed by atoms with Crippen molar-refractivity contribution in [2.45, 2.75) is 32.4 Å². The lowest BCUT2D eigenvalue weighted by molar-refractivity contribution is 0.0514. The molecule has 1 aliphatic heterocycles. The monoisotopic (exact) mass is 375 g/mol. The summed E-state index contributed by atoms with van der Waals surface area (Å²) in [7, 11) is 0. The van der Waals surface area contributed by atoms with Crippen molar-refractivity contribution < 1.29 is 19.4 Å². The lowest BCUT2D eigenvalue weighted by Crippen LogP contribution is -2.40. The van der Waals surface area contributed by atoms with Gasteiger partial charge < -0.3 is 14.6 Å². The molecule has 1 N–H and O–H groups in total. The van der Waals surface area contributed by atoms with Crippen molar-refractivity contribution >= 4 is 17.3 Å². The van der Waals surface area contributed by atoms with Crippen LogP contribution < -0.4 is 4.74 Å². The lowest BCUT2D eigenvalue weighted by Gasteiger charge is -2.34. The van der Waals surface area contributed by atoms with Crippen molar-refractivity contribution in [1.82, 2.24) is 4.90 Å². The van der Waals surface area contributed by atoms with Gasteiger partial charge in [-0.2, -0.15) is 0 Å². The summed E-state index contributed by atoms with van der Waals surface area (Å²) in [5.74, 6) is 0.287. The fraction of sp³-hybridized carbons (Fsp3) is 0.450. The lowest BCUT2D eigenvalue weighted by atomic mass is 10.0. The number of thiophene rings is 1. The van der Waals surface area contributed by atoms with Gasteiger partial charge in [-0.25, -0.2) is 4.79 Å². The van der Waals surface area contributed by atoms with Crippen LogP contribution in [0.2, 0.25) is 0 Å². The molecule has 6 heteroatoms. The summed E-state index contributed by atoms with van der Waals surface area (Å²) < 4.78 is 10.6. The number of fused-ring (bicyclic) bond motifs is 1. The molecule has 0 bridgehead atoms. The largest absolute Gasteiger partial charge is 0.491 e. The average molecular weight is 375 g/mol. The van der Waals surface area contributed by atoms with Crippen LogP contribution in [0.15, 0.2) is 35.7 Å². The number of ether oxygens (including phenoxy) is 2. The van der Waals surface area contributed by atoms with Crippen molar-refractivity contribution in [1.29, 1.82) is 0 Å². The first kappa shape index (κ1) is 18.9. The van der Waals surface area contributed by atoms with Crippen molar-refractivity contribution in [3.05, 3.63) is 51.7 Å². The number of aliphatic hydroxyl groups excluding tert-OH is 1. The zero-order valence-electron chi connectivity index (χ0n) is 15.2. The smallest absolute Gasteiger partial charge is 0.338 e. The second-order valence-corrected chi connectivity index (χ2v) is 7.43. The van der Waals surface area contributed by atoms with Crippen LogP contribution in [0.3, 0.4) is 0 Å². The first-order valence-electron chi connectivity index (χ1n) is 8.96. The molecule has 0 unspecified atom stereocenters. The van der Waals surface area contributed by atoms with E-state index in [4.69, 9.17) is 9.47 Å². The van der Waals surface area contributed by atoms with Crippen LogP contribution in [0.5, 0.6) is 5.75 Å². The molecule has 2 heterocycles. The summed E-state index contributed by atoms with van der Waals surface area (Å²) in [4.78, 5) is 15.4. The Labute approximate surface area is 158 Å². The topological polar surface area (TPSA) is 59.0 Å². The number of hydrogen-bond acceptors (Lipinski definition) is 6. The maximum absolute atomic E-state index is 11.6. The number of carbonyl (C=O) groups is 1. The van der Waals surface area contributed by atoms with E-state index in [1.54, 1.807) is 31.2 Å². The highest BCUT2D eigenvalue weighted by atomic mass is 32.1. The minimum Gasteiger partial charge on any atom is -0.491 e. The second kappa shape index (κ2) is 8.66. The van der Waals surface area contributed by atoms with Gasteiger partial charge in [0.15, 0.2) is 0 Å². The van der Waals surface area contributed by atoms with Crippen molar-refractivity contribution in [2.24, 2.45) is 0 Å². The fourth-order valence-corrected chi connectivity index (χ4v) is 4.19. The van der Waals surface area contributed by atoms with E-state index in [1.165, 1.54) is 10.4 Å². The molecule has 1 aliphatic rings. The molecule has 0 saturated carbocycles. The molecular formula is C20H25NO4S. The Bertz CT molecular complexity index is 728. The Hall–Kier alpha value is -1.89. The van der Waals surface area contributed by atoms with E-state index in [1.807, 2.05) is 11.3 Å². The van der Waals surface area contributed by atoms with E-state index in [0.29, 0.717) is 30.5 Å². The van der Waals surface area contributed by atoms with Crippen molar-refractivity contribution in [3.63, 3.8) is 0 Å². The second-order valence-electron chi connectivity index (χ2n) is 6.43. The fourth-order valence-electron chi connectivity index (χ4n) is 3.23. The van der Waals surface area contributed by atoms with E-state index in [0.717, 1.165) is 13.0 Å². The Morgan fingerprint density at radius 2 is 2.12 bits per heavy atom. The standard InChI is InChI=1S/C20H25NO4S/c1-3-24-20(23)15-4-6-17(7-5-15)25-13-16(22)12-21-10-8-19-18(14(21)2)9-11-26-19/h4-7,9,11,14,16,22H,3,8,10,12-13H2,1-2H3/t14-,16-/m0/s1. The summed E-state index contributed by atoms with van der Waals surface area (Å²) in [5, 5.41) is 12.5. The number of carbonyl (C=O) groups excluding carboxylic acids is 1. The Balaban J connectivity index is 1.48. The molecule has 0 fully saturated rings. The normalized spacial score (nSPS) is 18.2. The first-order valence-corrected chi connectivity index (χ1v) is 9.84. The number of rotatable bonds is 7. The van der Waals surface area contributed by atoms with Gasteiger partial charge in [-0.1, -0.05) is 0 Å². The number of β-amino-alcohol motifs (C(OH)–C–C–N with tert-alkyl or cyclic N) is 1. The van der Waals surface area contributed by atoms with Crippen LogP contribution in [0.4, 0.5) is 0 Å². The minimum atomic E-state index is -0.567. The molecule has 0 aliphatic carbocycles. The molecule has 140 valence electrons. The van der Waals surface area contributed by atoms with Crippen LogP contribution in [-0.2, 0) is 11.2 Å². The van der Waals surface area contributed by atoms with Crippen molar-refractivity contribution in [2.75, 3.05) is 26.3 Å². The molecule has 0 amide bonds. The predicted octanol–water partition coefficient (Wildman–Crippen LogP) is 3.28. The summed E-state index contributed by atoms with van der Waals surface area (Å²) in [6.45, 7) is 6.08. The molecule has 0 radical (unpaired) electrons. The predicted molar refractivity (Wildman–Crippen MR) is 102 cm³/mol. The molecule has 2 atom stereocenters. The van der Waals surface area contributed by atoms with Crippen LogP contribution in [0, 0.1) is 0 Å². The number of esters is 1. The zero-order chi connectivity index (χ0) is 18.5. The maximum Gasteiger partial charge on any atom is 0.338 e. The highest BCUT2D eigenvalue weighted by molar-refractivity contribution is 7.10. The quantitative estimate of drug-likeness (QED) is 0.753. The van der Waals surface area contributed by atoms with Crippen LogP contribution >= 0.6 is 11.3 Å². The molecule has 5 nitrogen and oxygen atoms in total. The summed E-state index contributed by atoms with van der Waals surface area (Å²) in [6.07, 6.45) is 0.475. The third kappa shape index (κ3) is 4.44. The molecule has 26 heavy (non-hydrogen) atoms. The molecule has 2 aromatic rings. The van der Waals surface area contributed by atoms with Gasteiger partial charge in [0.1, 0.15) is 18.5 Å². The molecular weight excluding hydrogens is 350 g/mol. The summed E-state index contributed by atoms with van der Waals surface area (Å²) in [6, 6.07) is 9.30. The zero-order valence-corrected chi connectivity index (χ0v) is 16.0. The third-order valence-electron chi connectivity index (χ3n) is 4.66. The highest BCUT2D eigenvalue weighted by Crippen LogP contribution is 2.32. The molecule has 1 aromatic carbocycles. The Morgan fingerprint density at radius 1 is 1.35 bits per heavy atom. The van der Waals surface area contributed by atoms with E-state index in [9.17, 15) is 9.90 Å². The van der Waals surface area contributed by atoms with E-state index in [-0.39, 0.29) is 12.6 Å². The number of benzene rings is 1. The third-order valence-corrected chi connectivity index (χ3v) is 5.65. The molecule has 3 rings (SSSR count). The van der Waals surface area contributed by atoms with E-state index in [2.05, 4.69) is 23.3 Å². The molecule has 0 saturated heterocycles. The first-order chi connectivity index (χ1) is 12.6. The van der Waals surface area contributed by atoms with E-state index >= 15 is 0 Å². The van der Waals surface area contributed by atoms with Gasteiger partial charge in [0.05, 0.1) is 12.2 Å². The maximum atomic E-state index is 11.6. The van der Waals surface area contributed by atoms with Gasteiger partial charge in [-0.3, -0.25) is 4.90 Å². The van der Waals surface area contributed by atoms with Crippen molar-refractivity contribution in [3.8, 4) is 5.75 Å². The van der Waals surface area contributed by atoms with Gasteiger partial charge in [0.2, 0.25) is 0 Å². The van der Waals surface area contributed by atoms with E-state index < -0.39 is 6.10 Å². The van der Waals surface area contributed by atoms with Gasteiger partial charge >= 0.3 is 5.97 Å². The summed E-state index contributed by atoms with van der Waals surface area (Å²) >= 11 is 1.82. The Morgan fingerprint density at radius 3 is 2.85 bits per heavy atom. The number of nitrogens with zero attached hydrogens (tertiary/aromatic N) is 1. The number of aliphatic hydroxyl groups is 1. The Kier molecular flexibility index (Phi) is 6.29. The minimum absolute atomic E-state index is 0.221. The SMILES string of the molecule is CCOC(=O)c1ccc(OC[C@@H](O)CN2CCc3sccc3[C@@H]2C)cc1. The van der Waals surface area contributed by atoms with Crippen LogP contribution in [-0.4, -0.2) is 48.4 Å². The average Bonchev–Trinajstić information content (AvgIpc) is 3.12. The van der Waals surface area contributed by atoms with Gasteiger partial charge in [0, 0.05) is 24.0 Å².